The van der Waals surface area contributed by atoms with Gasteiger partial charge in [0.2, 0.25) is 0 Å². The third-order valence-corrected chi connectivity index (χ3v) is 1.99. The van der Waals surface area contributed by atoms with Crippen molar-refractivity contribution in [1.82, 2.24) is 4.90 Å². The lowest BCUT2D eigenvalue weighted by Crippen LogP contribution is -2.44. The molecule has 0 unspecified atom stereocenters. The number of nitrogens with zero attached hydrogens (tertiary/aromatic N) is 2. The van der Waals surface area contributed by atoms with Crippen LogP contribution in [0.2, 0.25) is 0 Å². The Morgan fingerprint density at radius 1 is 1.13 bits per heavy atom. The largest absolute Gasteiger partial charge is 0.397 e. The fraction of sp³-hybridized carbons (Fsp3) is 0.455. The van der Waals surface area contributed by atoms with Gasteiger partial charge in [0.1, 0.15) is 0 Å². The van der Waals surface area contributed by atoms with Crippen LogP contribution in [0, 0.1) is 0 Å². The molecular weight excluding hydrogens is 188 g/mol. The number of nitrogens with two attached hydrogens (primary N) is 2. The highest BCUT2D eigenvalue weighted by molar-refractivity contribution is 5.69. The smallest absolute Gasteiger partial charge is 0.0568 e. The fourth-order valence-electron chi connectivity index (χ4n) is 1.14. The van der Waals surface area contributed by atoms with Crippen LogP contribution in [0.3, 0.4) is 0 Å². The van der Waals surface area contributed by atoms with Gasteiger partial charge in [-0.25, -0.2) is 0 Å². The SMILES string of the molecule is [2H]C1([2H])N(C)C([2H])([2H])C([2H])([2H])N(c2ccc(N)c(N)c2)C1([2H])[2H]. The lowest BCUT2D eigenvalue weighted by Gasteiger charge is -2.34. The van der Waals surface area contributed by atoms with Crippen LogP contribution in [0.15, 0.2) is 18.2 Å². The Hall–Kier alpha value is -1.42. The zero-order valence-electron chi connectivity index (χ0n) is 16.3. The number of anilines is 3. The van der Waals surface area contributed by atoms with E-state index in [4.69, 9.17) is 22.4 Å². The number of nitrogen functional groups attached to an aromatic ring is 2. The summed E-state index contributed by atoms with van der Waals surface area (Å²) >= 11 is 0. The van der Waals surface area contributed by atoms with Gasteiger partial charge in [-0.1, -0.05) is 0 Å². The lowest BCUT2D eigenvalue weighted by molar-refractivity contribution is 0.313. The number of benzene rings is 1. The van der Waals surface area contributed by atoms with Crippen molar-refractivity contribution in [2.75, 3.05) is 49.4 Å². The maximum Gasteiger partial charge on any atom is 0.0568 e. The summed E-state index contributed by atoms with van der Waals surface area (Å²) in [4.78, 5) is 0.868. The molecule has 1 aromatic carbocycles. The third-order valence-electron chi connectivity index (χ3n) is 1.99. The van der Waals surface area contributed by atoms with Gasteiger partial charge in [0, 0.05) is 37.2 Å². The first-order valence-electron chi connectivity index (χ1n) is 8.38. The summed E-state index contributed by atoms with van der Waals surface area (Å²) in [5, 5.41) is 0. The van der Waals surface area contributed by atoms with Crippen LogP contribution in [-0.2, 0) is 0 Å². The predicted octanol–water partition coefficient (Wildman–Crippen LogP) is 0.603. The second kappa shape index (κ2) is 3.98. The van der Waals surface area contributed by atoms with Crippen molar-refractivity contribution in [3.05, 3.63) is 18.2 Å². The second-order valence-electron chi connectivity index (χ2n) is 3.15. The molecule has 1 fully saturated rings. The first-order valence-corrected chi connectivity index (χ1v) is 4.38. The van der Waals surface area contributed by atoms with Crippen molar-refractivity contribution in [1.29, 1.82) is 0 Å². The van der Waals surface area contributed by atoms with E-state index in [1.807, 2.05) is 0 Å². The Morgan fingerprint density at radius 3 is 2.40 bits per heavy atom. The van der Waals surface area contributed by atoms with Gasteiger partial charge in [0.25, 0.3) is 0 Å². The first-order chi connectivity index (χ1) is 10.2. The molecule has 15 heavy (non-hydrogen) atoms. The second-order valence-corrected chi connectivity index (χ2v) is 3.15. The van der Waals surface area contributed by atoms with Crippen molar-refractivity contribution in [3.8, 4) is 0 Å². The van der Waals surface area contributed by atoms with E-state index in [9.17, 15) is 0 Å². The molecule has 1 aliphatic rings. The van der Waals surface area contributed by atoms with Crippen LogP contribution in [0.5, 0.6) is 0 Å². The van der Waals surface area contributed by atoms with Crippen LogP contribution in [0.1, 0.15) is 11.0 Å². The summed E-state index contributed by atoms with van der Waals surface area (Å²) in [6.45, 7) is -11.4. The van der Waals surface area contributed by atoms with E-state index in [1.165, 1.54) is 18.2 Å². The molecule has 1 aliphatic heterocycles. The molecule has 0 aromatic heterocycles. The van der Waals surface area contributed by atoms with E-state index in [2.05, 4.69) is 0 Å². The molecule has 4 nitrogen and oxygen atoms in total. The Morgan fingerprint density at radius 2 is 1.80 bits per heavy atom. The zero-order valence-corrected chi connectivity index (χ0v) is 8.28. The van der Waals surface area contributed by atoms with Crippen LogP contribution in [0.25, 0.3) is 0 Å². The number of piperazine rings is 1. The number of hydrogen-bond acceptors (Lipinski definition) is 4. The van der Waals surface area contributed by atoms with Gasteiger partial charge in [-0.3, -0.25) is 0 Å². The van der Waals surface area contributed by atoms with Crippen molar-refractivity contribution in [2.45, 2.75) is 0 Å². The summed E-state index contributed by atoms with van der Waals surface area (Å²) in [5.41, 5.74) is 11.4. The summed E-state index contributed by atoms with van der Waals surface area (Å²) in [5.74, 6) is 0. The molecule has 0 amide bonds. The molecule has 4 heteroatoms. The lowest BCUT2D eigenvalue weighted by atomic mass is 10.2. The minimum atomic E-state index is -2.88. The summed E-state index contributed by atoms with van der Waals surface area (Å²) < 4.78 is 64.3. The standard InChI is InChI=1S/C11H18N4/c1-14-4-6-15(7-5-14)9-2-3-10(12)11(13)8-9/h2-3,8H,4-7,12-13H2,1H3/i4D2,5D2,6D2,7D2. The van der Waals surface area contributed by atoms with E-state index < -0.39 is 26.0 Å². The Labute approximate surface area is 102 Å². The minimum Gasteiger partial charge on any atom is -0.397 e. The Balaban J connectivity index is 2.74. The molecule has 2 rings (SSSR count). The van der Waals surface area contributed by atoms with Gasteiger partial charge in [0.05, 0.1) is 16.9 Å². The average Bonchev–Trinajstić information content (AvgIpc) is 2.40. The summed E-state index contributed by atoms with van der Waals surface area (Å²) in [6.07, 6.45) is 0. The van der Waals surface area contributed by atoms with E-state index in [0.717, 1.165) is 7.05 Å². The summed E-state index contributed by atoms with van der Waals surface area (Å²) in [7, 11) is 1.00. The Kier molecular flexibility index (Phi) is 1.12. The normalized spacial score (nSPS) is 39.4. The van der Waals surface area contributed by atoms with E-state index in [1.54, 1.807) is 0 Å². The van der Waals surface area contributed by atoms with Crippen LogP contribution in [-0.4, -0.2) is 37.9 Å². The summed E-state index contributed by atoms with van der Waals surface area (Å²) in [6, 6.07) is 3.81. The molecular formula is C11H18N4. The molecule has 1 heterocycles. The molecule has 0 spiro atoms. The topological polar surface area (TPSA) is 58.5 Å². The fourth-order valence-corrected chi connectivity index (χ4v) is 1.14. The van der Waals surface area contributed by atoms with Crippen LogP contribution < -0.4 is 16.4 Å². The molecule has 0 saturated carbocycles. The van der Waals surface area contributed by atoms with Crippen molar-refractivity contribution in [2.24, 2.45) is 0 Å². The van der Waals surface area contributed by atoms with Gasteiger partial charge >= 0.3 is 0 Å². The van der Waals surface area contributed by atoms with Crippen molar-refractivity contribution >= 4 is 17.1 Å². The zero-order chi connectivity index (χ0) is 18.0. The quantitative estimate of drug-likeness (QED) is 0.672. The highest BCUT2D eigenvalue weighted by atomic mass is 15.2. The van der Waals surface area contributed by atoms with Gasteiger partial charge in [-0.05, 0) is 25.2 Å². The van der Waals surface area contributed by atoms with Crippen molar-refractivity contribution in [3.63, 3.8) is 0 Å². The number of likely N-dealkylation sites (N-methyl/N-ethyl adjacent to an activating group) is 1. The van der Waals surface area contributed by atoms with Gasteiger partial charge < -0.3 is 21.3 Å². The van der Waals surface area contributed by atoms with Crippen LogP contribution in [0.4, 0.5) is 17.1 Å². The van der Waals surface area contributed by atoms with Gasteiger partial charge in [-0.2, -0.15) is 0 Å². The number of hydrogen-bond donors (Lipinski definition) is 2. The Bertz CT molecular complexity index is 604. The maximum absolute atomic E-state index is 8.11. The molecule has 0 atom stereocenters. The first kappa shape index (κ1) is 4.22. The molecule has 0 bridgehead atoms. The third kappa shape index (κ3) is 2.15. The van der Waals surface area contributed by atoms with E-state index in [-0.39, 0.29) is 17.1 Å². The monoisotopic (exact) mass is 214 g/mol. The molecule has 0 radical (unpaired) electrons. The average molecular weight is 214 g/mol. The molecule has 1 saturated heterocycles. The van der Waals surface area contributed by atoms with Gasteiger partial charge in [-0.15, -0.1) is 0 Å². The van der Waals surface area contributed by atoms with Crippen molar-refractivity contribution < 1.29 is 11.0 Å². The minimum absolute atomic E-state index is 0.0640. The molecule has 4 N–H and O–H groups in total. The van der Waals surface area contributed by atoms with E-state index in [0.29, 0.717) is 9.80 Å². The molecule has 1 aromatic rings. The highest BCUT2D eigenvalue weighted by Gasteiger charge is 2.14. The predicted molar refractivity (Wildman–Crippen MR) is 65.0 cm³/mol. The maximum atomic E-state index is 8.11. The van der Waals surface area contributed by atoms with Crippen LogP contribution >= 0.6 is 0 Å². The number of rotatable bonds is 1. The van der Waals surface area contributed by atoms with Gasteiger partial charge in [0.15, 0.2) is 0 Å². The molecule has 82 valence electrons. The highest BCUT2D eigenvalue weighted by Crippen LogP contribution is 2.23. The molecule has 0 aliphatic carbocycles. The van der Waals surface area contributed by atoms with E-state index >= 15 is 0 Å².